The molecule has 0 bridgehead atoms. The van der Waals surface area contributed by atoms with Gasteiger partial charge in [0.1, 0.15) is 0 Å². The number of hydrogen-bond donors (Lipinski definition) is 0. The standard InChI is InChI=1S/C40H30/c1-2-9-28-22-31(17-16-27(28)8-1)33-21-20-32-23-30(18-19-34(32)24-33)29-11-7-12-35(25-29)40-26-36-10-3-4-13-37(36)38-14-5-6-15-39(38)40/h1-28,32,34H. The lowest BCUT2D eigenvalue weighted by molar-refractivity contribution is 0.647. The fourth-order valence-electron chi connectivity index (χ4n) is 6.76. The van der Waals surface area contributed by atoms with Crippen molar-refractivity contribution >= 4 is 27.1 Å². The van der Waals surface area contributed by atoms with Crippen molar-refractivity contribution in [3.8, 4) is 11.1 Å². The first-order valence-corrected chi connectivity index (χ1v) is 14.4. The molecule has 0 N–H and O–H groups in total. The second kappa shape index (κ2) is 9.50. The van der Waals surface area contributed by atoms with E-state index in [1.165, 1.54) is 55.0 Å². The van der Waals surface area contributed by atoms with Crippen molar-refractivity contribution in [2.45, 2.75) is 0 Å². The molecule has 0 fully saturated rings. The SMILES string of the molecule is C1=CC2C=CC(C3=CC4C=CC(c5cccc(-c6cc7ccccc7c7ccccc67)c5)=CC4C=C3)=CC2C=C1. The molecule has 0 saturated heterocycles. The highest BCUT2D eigenvalue weighted by atomic mass is 14.3. The van der Waals surface area contributed by atoms with Crippen LogP contribution in [0.1, 0.15) is 5.56 Å². The molecule has 0 radical (unpaired) electrons. The molecule has 0 aliphatic heterocycles. The van der Waals surface area contributed by atoms with E-state index in [2.05, 4.69) is 158 Å². The maximum atomic E-state index is 2.45. The summed E-state index contributed by atoms with van der Waals surface area (Å²) in [6.07, 6.45) is 30.3. The lowest BCUT2D eigenvalue weighted by Crippen LogP contribution is -2.15. The predicted molar refractivity (Wildman–Crippen MR) is 171 cm³/mol. The second-order valence-corrected chi connectivity index (χ2v) is 11.3. The zero-order valence-corrected chi connectivity index (χ0v) is 22.3. The first kappa shape index (κ1) is 23.2. The molecule has 190 valence electrons. The van der Waals surface area contributed by atoms with Gasteiger partial charge in [-0.05, 0) is 67.1 Å². The normalized spacial score (nSPS) is 24.4. The fraction of sp³-hybridized carbons (Fsp3) is 0.100. The third-order valence-corrected chi connectivity index (χ3v) is 8.88. The van der Waals surface area contributed by atoms with E-state index in [1.54, 1.807) is 0 Å². The third-order valence-electron chi connectivity index (χ3n) is 8.88. The van der Waals surface area contributed by atoms with Gasteiger partial charge < -0.3 is 0 Å². The van der Waals surface area contributed by atoms with Crippen LogP contribution in [0.25, 0.3) is 38.2 Å². The van der Waals surface area contributed by atoms with Gasteiger partial charge in [-0.1, -0.05) is 146 Å². The number of benzene rings is 4. The van der Waals surface area contributed by atoms with Gasteiger partial charge in [-0.15, -0.1) is 0 Å². The minimum Gasteiger partial charge on any atom is -0.0767 e. The van der Waals surface area contributed by atoms with Crippen LogP contribution in [0.3, 0.4) is 0 Å². The van der Waals surface area contributed by atoms with E-state index in [4.69, 9.17) is 0 Å². The third kappa shape index (κ3) is 4.00. The average molecular weight is 511 g/mol. The topological polar surface area (TPSA) is 0 Å². The molecule has 4 unspecified atom stereocenters. The number of rotatable bonds is 3. The van der Waals surface area contributed by atoms with Crippen molar-refractivity contribution in [1.29, 1.82) is 0 Å². The molecule has 4 aromatic carbocycles. The van der Waals surface area contributed by atoms with Crippen molar-refractivity contribution < 1.29 is 0 Å². The van der Waals surface area contributed by atoms with Crippen LogP contribution >= 0.6 is 0 Å². The van der Waals surface area contributed by atoms with Gasteiger partial charge in [-0.3, -0.25) is 0 Å². The summed E-state index contributed by atoms with van der Waals surface area (Å²) in [5.41, 5.74) is 7.80. The van der Waals surface area contributed by atoms with Crippen LogP contribution in [0.5, 0.6) is 0 Å². The zero-order valence-electron chi connectivity index (χ0n) is 22.3. The van der Waals surface area contributed by atoms with Crippen LogP contribution in [-0.2, 0) is 0 Å². The number of hydrogen-bond acceptors (Lipinski definition) is 0. The maximum Gasteiger partial charge on any atom is 0.00571 e. The number of allylic oxidation sites excluding steroid dienone is 16. The molecule has 8 rings (SSSR count). The van der Waals surface area contributed by atoms with Gasteiger partial charge in [0.15, 0.2) is 0 Å². The minimum atomic E-state index is 0.382. The Balaban J connectivity index is 1.10. The van der Waals surface area contributed by atoms with Gasteiger partial charge in [0, 0.05) is 23.7 Å². The Labute approximate surface area is 236 Å². The van der Waals surface area contributed by atoms with E-state index in [0.717, 1.165) is 0 Å². The summed E-state index contributed by atoms with van der Waals surface area (Å²) in [5, 5.41) is 5.21. The maximum absolute atomic E-state index is 2.45. The fourth-order valence-corrected chi connectivity index (χ4v) is 6.76. The van der Waals surface area contributed by atoms with Crippen LogP contribution in [0.4, 0.5) is 0 Å². The highest BCUT2D eigenvalue weighted by Crippen LogP contribution is 2.39. The summed E-state index contributed by atoms with van der Waals surface area (Å²) in [6, 6.07) is 28.9. The molecule has 4 atom stereocenters. The van der Waals surface area contributed by atoms with Crippen LogP contribution in [0.2, 0.25) is 0 Å². The highest BCUT2D eigenvalue weighted by Gasteiger charge is 2.24. The molecular formula is C40H30. The molecule has 0 aromatic heterocycles. The monoisotopic (exact) mass is 510 g/mol. The molecule has 0 heteroatoms. The van der Waals surface area contributed by atoms with Gasteiger partial charge in [-0.2, -0.15) is 0 Å². The first-order valence-electron chi connectivity index (χ1n) is 14.4. The van der Waals surface area contributed by atoms with Crippen molar-refractivity contribution in [2.24, 2.45) is 23.7 Å². The second-order valence-electron chi connectivity index (χ2n) is 11.3. The van der Waals surface area contributed by atoms with Gasteiger partial charge in [-0.25, -0.2) is 0 Å². The molecule has 4 aromatic rings. The van der Waals surface area contributed by atoms with Gasteiger partial charge in [0.05, 0.1) is 0 Å². The summed E-state index contributed by atoms with van der Waals surface area (Å²) >= 11 is 0. The van der Waals surface area contributed by atoms with Crippen LogP contribution < -0.4 is 0 Å². The van der Waals surface area contributed by atoms with E-state index >= 15 is 0 Å². The predicted octanol–water partition coefficient (Wildman–Crippen LogP) is 10.2. The molecule has 0 saturated carbocycles. The molecule has 0 amide bonds. The quantitative estimate of drug-likeness (QED) is 0.241. The van der Waals surface area contributed by atoms with E-state index in [0.29, 0.717) is 23.7 Å². The van der Waals surface area contributed by atoms with Crippen LogP contribution in [0.15, 0.2) is 169 Å². The smallest absolute Gasteiger partial charge is 0.00571 e. The molecular weight excluding hydrogens is 480 g/mol. The number of fused-ring (bicyclic) bond motifs is 5. The van der Waals surface area contributed by atoms with Crippen molar-refractivity contribution in [3.05, 3.63) is 175 Å². The molecule has 40 heavy (non-hydrogen) atoms. The Morgan fingerprint density at radius 3 is 1.77 bits per heavy atom. The van der Waals surface area contributed by atoms with E-state index in [-0.39, 0.29) is 0 Å². The lowest BCUT2D eigenvalue weighted by atomic mass is 9.76. The lowest BCUT2D eigenvalue weighted by Gasteiger charge is -2.28. The summed E-state index contributed by atoms with van der Waals surface area (Å²) in [4.78, 5) is 0. The molecule has 4 aliphatic rings. The zero-order chi connectivity index (χ0) is 26.5. The Morgan fingerprint density at radius 2 is 0.975 bits per heavy atom. The van der Waals surface area contributed by atoms with Gasteiger partial charge >= 0.3 is 0 Å². The van der Waals surface area contributed by atoms with E-state index in [9.17, 15) is 0 Å². The summed E-state index contributed by atoms with van der Waals surface area (Å²) in [7, 11) is 0. The minimum absolute atomic E-state index is 0.382. The Bertz CT molecular complexity index is 1910. The first-order chi connectivity index (χ1) is 19.8. The molecule has 0 nitrogen and oxygen atoms in total. The largest absolute Gasteiger partial charge is 0.0767 e. The molecule has 0 heterocycles. The Kier molecular flexibility index (Phi) is 5.52. The van der Waals surface area contributed by atoms with Gasteiger partial charge in [0.2, 0.25) is 0 Å². The van der Waals surface area contributed by atoms with Crippen LogP contribution in [0, 0.1) is 23.7 Å². The van der Waals surface area contributed by atoms with Crippen molar-refractivity contribution in [3.63, 3.8) is 0 Å². The van der Waals surface area contributed by atoms with Crippen molar-refractivity contribution in [1.82, 2.24) is 0 Å². The Hall–Kier alpha value is -4.68. The van der Waals surface area contributed by atoms with E-state index in [1.807, 2.05) is 0 Å². The van der Waals surface area contributed by atoms with Crippen molar-refractivity contribution in [2.75, 3.05) is 0 Å². The average Bonchev–Trinajstić information content (AvgIpc) is 3.03. The summed E-state index contributed by atoms with van der Waals surface area (Å²) in [6.45, 7) is 0. The highest BCUT2D eigenvalue weighted by molar-refractivity contribution is 6.13. The van der Waals surface area contributed by atoms with Crippen LogP contribution in [-0.4, -0.2) is 0 Å². The Morgan fingerprint density at radius 1 is 0.400 bits per heavy atom. The van der Waals surface area contributed by atoms with E-state index < -0.39 is 0 Å². The molecule has 4 aliphatic carbocycles. The van der Waals surface area contributed by atoms with Gasteiger partial charge in [0.25, 0.3) is 0 Å². The summed E-state index contributed by atoms with van der Waals surface area (Å²) < 4.78 is 0. The molecule has 0 spiro atoms. The summed E-state index contributed by atoms with van der Waals surface area (Å²) in [5.74, 6) is 1.74.